The first-order valence-corrected chi connectivity index (χ1v) is 26.6. The SMILES string of the molecule is CNc1ccccc1C(=O)NCCCCC(NC(=O)C(C)NC(=O)C(Cc1cnc[nH]1)NC(=O)C(CSC)NC(=O)CNC(=O)C(CC1CCCCC1)NC(=O)C1CCCN1c1ccc([N+](=O)[O-])cc1[N+](=O)[O-])C(N)=O. The van der Waals surface area contributed by atoms with Gasteiger partial charge in [-0.2, -0.15) is 11.8 Å². The first-order valence-electron chi connectivity index (χ1n) is 25.2. The molecular formula is C49H68N14O12S. The number of nitrogens with one attached hydrogen (secondary N) is 9. The van der Waals surface area contributed by atoms with Crippen molar-refractivity contribution in [2.75, 3.05) is 48.9 Å². The Balaban J connectivity index is 1.17. The fraction of sp³-hybridized carbons (Fsp3) is 0.531. The second kappa shape index (κ2) is 29.3. The number of H-pyrrole nitrogens is 1. The predicted octanol–water partition coefficient (Wildman–Crippen LogP) is 1.46. The van der Waals surface area contributed by atoms with Gasteiger partial charge in [0.15, 0.2) is 0 Å². The van der Waals surface area contributed by atoms with Gasteiger partial charge in [0.05, 0.1) is 34.3 Å². The molecule has 2 aliphatic rings. The van der Waals surface area contributed by atoms with Gasteiger partial charge in [0, 0.05) is 56.0 Å². The quantitative estimate of drug-likeness (QED) is 0.0267. The van der Waals surface area contributed by atoms with Gasteiger partial charge in [0.25, 0.3) is 17.3 Å². The van der Waals surface area contributed by atoms with Crippen molar-refractivity contribution in [3.63, 3.8) is 0 Å². The highest BCUT2D eigenvalue weighted by Crippen LogP contribution is 2.36. The van der Waals surface area contributed by atoms with Gasteiger partial charge in [0.1, 0.15) is 41.9 Å². The number of unbranched alkanes of at least 4 members (excludes halogenated alkanes) is 1. The maximum absolute atomic E-state index is 14.0. The van der Waals surface area contributed by atoms with Crippen LogP contribution in [0.1, 0.15) is 93.6 Å². The number of anilines is 2. The van der Waals surface area contributed by atoms with Crippen molar-refractivity contribution in [1.29, 1.82) is 0 Å². The number of aromatic nitrogens is 2. The Labute approximate surface area is 443 Å². The lowest BCUT2D eigenvalue weighted by Gasteiger charge is -2.30. The van der Waals surface area contributed by atoms with Crippen LogP contribution in [-0.2, 0) is 40.0 Å². The van der Waals surface area contributed by atoms with Gasteiger partial charge in [-0.05, 0) is 75.8 Å². The zero-order valence-electron chi connectivity index (χ0n) is 42.7. The average Bonchev–Trinajstić information content (AvgIpc) is 4.13. The van der Waals surface area contributed by atoms with E-state index in [4.69, 9.17) is 5.73 Å². The molecule has 76 heavy (non-hydrogen) atoms. The number of para-hydroxylation sites is 1. The van der Waals surface area contributed by atoms with Crippen LogP contribution in [0.5, 0.6) is 0 Å². The molecule has 0 spiro atoms. The minimum absolute atomic E-state index is 0.0272. The van der Waals surface area contributed by atoms with Crippen LogP contribution in [0.15, 0.2) is 55.0 Å². The zero-order chi connectivity index (χ0) is 55.3. The summed E-state index contributed by atoms with van der Waals surface area (Å²) in [5.41, 5.74) is 6.21. The minimum atomic E-state index is -1.31. The van der Waals surface area contributed by atoms with E-state index >= 15 is 0 Å². The van der Waals surface area contributed by atoms with Crippen LogP contribution in [-0.4, -0.2) is 142 Å². The van der Waals surface area contributed by atoms with Crippen LogP contribution in [0.3, 0.4) is 0 Å². The van der Waals surface area contributed by atoms with Crippen LogP contribution in [0.4, 0.5) is 22.7 Å². The lowest BCUT2D eigenvalue weighted by molar-refractivity contribution is -0.393. The molecule has 3 aromatic rings. The molecule has 27 heteroatoms. The second-order valence-electron chi connectivity index (χ2n) is 18.7. The monoisotopic (exact) mass is 1080 g/mol. The lowest BCUT2D eigenvalue weighted by atomic mass is 9.84. The van der Waals surface area contributed by atoms with Crippen molar-refractivity contribution >= 4 is 81.8 Å². The van der Waals surface area contributed by atoms with Gasteiger partial charge in [-0.3, -0.25) is 58.6 Å². The van der Waals surface area contributed by atoms with Gasteiger partial charge < -0.3 is 58.2 Å². The Morgan fingerprint density at radius 1 is 0.816 bits per heavy atom. The number of nitrogens with two attached hydrogens (primary N) is 1. The number of hydrogen-bond acceptors (Lipinski definition) is 16. The fourth-order valence-electron chi connectivity index (χ4n) is 9.21. The number of rotatable bonds is 29. The van der Waals surface area contributed by atoms with E-state index in [1.54, 1.807) is 37.6 Å². The van der Waals surface area contributed by atoms with Crippen molar-refractivity contribution in [3.05, 3.63) is 86.5 Å². The largest absolute Gasteiger partial charge is 0.387 e. The van der Waals surface area contributed by atoms with Crippen LogP contribution in [0, 0.1) is 26.1 Å². The van der Waals surface area contributed by atoms with Crippen LogP contribution < -0.4 is 53.2 Å². The number of imidazole rings is 1. The molecule has 6 atom stereocenters. The van der Waals surface area contributed by atoms with Crippen molar-refractivity contribution in [2.24, 2.45) is 11.7 Å². The Morgan fingerprint density at radius 3 is 2.21 bits per heavy atom. The van der Waals surface area contributed by atoms with Gasteiger partial charge >= 0.3 is 0 Å². The summed E-state index contributed by atoms with van der Waals surface area (Å²) < 4.78 is 0. The molecule has 1 aliphatic heterocycles. The molecular weight excluding hydrogens is 1010 g/mol. The topological polar surface area (TPSA) is 377 Å². The number of aromatic amines is 1. The highest BCUT2D eigenvalue weighted by molar-refractivity contribution is 7.98. The molecule has 2 fully saturated rings. The molecule has 5 rings (SSSR count). The molecule has 412 valence electrons. The number of amides is 8. The van der Waals surface area contributed by atoms with Crippen molar-refractivity contribution in [2.45, 2.75) is 120 Å². The Hall–Kier alpha value is -7.84. The number of nitro groups is 2. The zero-order valence-corrected chi connectivity index (χ0v) is 43.5. The Kier molecular flexibility index (Phi) is 22.8. The molecule has 1 aromatic heterocycles. The summed E-state index contributed by atoms with van der Waals surface area (Å²) in [7, 11) is 1.71. The van der Waals surface area contributed by atoms with Crippen molar-refractivity contribution in [1.82, 2.24) is 47.2 Å². The number of nitro benzene ring substituents is 2. The number of benzene rings is 2. The number of thioether (sulfide) groups is 1. The standard InChI is InChI=1S/C49H68N14O12S/c1-29(44(66)58-35(43(50)65)16-9-10-20-53-45(67)33-14-7-8-15-34(33)51-2)56-47(69)37(23-31-25-52-28-55-31)59-48(70)38(27-76-3)57-42(64)26-54-46(68)36(22-30-12-5-4-6-13-30)60-49(71)40-17-11-21-61(40)39-19-18-32(62(72)73)24-41(39)63(74)75/h7-8,14-15,18-19,24-25,28-30,35-38,40,51H,4-6,9-13,16-17,20-23,26-27H2,1-3H3,(H2,50,65)(H,52,55)(H,53,67)(H,54,68)(H,56,69)(H,57,64)(H,58,66)(H,59,70)(H,60,71). The molecule has 26 nitrogen and oxygen atoms in total. The summed E-state index contributed by atoms with van der Waals surface area (Å²) in [6, 6.07) is 3.34. The number of carbonyl (C=O) groups excluding carboxylic acids is 8. The third-order valence-corrected chi connectivity index (χ3v) is 13.9. The summed E-state index contributed by atoms with van der Waals surface area (Å²) in [4.78, 5) is 138. The lowest BCUT2D eigenvalue weighted by Crippen LogP contribution is -2.59. The Bertz CT molecular complexity index is 2550. The highest BCUT2D eigenvalue weighted by Gasteiger charge is 2.38. The summed E-state index contributed by atoms with van der Waals surface area (Å²) in [5, 5.41) is 44.9. The van der Waals surface area contributed by atoms with E-state index in [2.05, 4.69) is 52.5 Å². The van der Waals surface area contributed by atoms with E-state index < -0.39 is 105 Å². The van der Waals surface area contributed by atoms with Crippen LogP contribution in [0.2, 0.25) is 0 Å². The maximum atomic E-state index is 14.0. The van der Waals surface area contributed by atoms with Crippen LogP contribution >= 0.6 is 11.8 Å². The molecule has 1 saturated heterocycles. The summed E-state index contributed by atoms with van der Waals surface area (Å²) in [6.07, 6.45) is 11.0. The number of nitrogens with zero attached hydrogens (tertiary/aromatic N) is 4. The smallest absolute Gasteiger partial charge is 0.299 e. The molecule has 8 amide bonds. The van der Waals surface area contributed by atoms with Crippen molar-refractivity contribution < 1.29 is 48.2 Å². The van der Waals surface area contributed by atoms with E-state index in [1.807, 2.05) is 0 Å². The fourth-order valence-corrected chi connectivity index (χ4v) is 9.78. The molecule has 0 radical (unpaired) electrons. The molecule has 2 aromatic carbocycles. The average molecular weight is 1080 g/mol. The molecule has 6 unspecified atom stereocenters. The number of primary amides is 1. The molecule has 2 heterocycles. The van der Waals surface area contributed by atoms with E-state index in [1.165, 1.54) is 42.2 Å². The highest BCUT2D eigenvalue weighted by atomic mass is 32.2. The maximum Gasteiger partial charge on any atom is 0.299 e. The number of hydrogen-bond donors (Lipinski definition) is 10. The van der Waals surface area contributed by atoms with E-state index in [-0.39, 0.29) is 55.5 Å². The first-order chi connectivity index (χ1) is 36.4. The van der Waals surface area contributed by atoms with E-state index in [9.17, 15) is 58.6 Å². The number of non-ortho nitro benzene ring substituents is 1. The molecule has 0 bridgehead atoms. The van der Waals surface area contributed by atoms with Gasteiger partial charge in [-0.25, -0.2) is 4.98 Å². The third-order valence-electron chi connectivity index (χ3n) is 13.2. The predicted molar refractivity (Wildman–Crippen MR) is 282 cm³/mol. The van der Waals surface area contributed by atoms with Gasteiger partial charge in [-0.15, -0.1) is 0 Å². The van der Waals surface area contributed by atoms with E-state index in [0.29, 0.717) is 42.8 Å². The molecule has 1 aliphatic carbocycles. The molecule has 1 saturated carbocycles. The first kappa shape index (κ1) is 59.0. The third kappa shape index (κ3) is 17.4. The second-order valence-corrected chi connectivity index (χ2v) is 19.6. The summed E-state index contributed by atoms with van der Waals surface area (Å²) in [5.74, 6) is -5.26. The molecule has 11 N–H and O–H groups in total. The van der Waals surface area contributed by atoms with Crippen LogP contribution in [0.25, 0.3) is 0 Å². The van der Waals surface area contributed by atoms with E-state index in [0.717, 1.165) is 44.2 Å². The Morgan fingerprint density at radius 2 is 1.54 bits per heavy atom. The summed E-state index contributed by atoms with van der Waals surface area (Å²) in [6.45, 7) is 1.32. The van der Waals surface area contributed by atoms with Crippen molar-refractivity contribution in [3.8, 4) is 0 Å². The van der Waals surface area contributed by atoms with Gasteiger partial charge in [-0.1, -0.05) is 44.2 Å². The summed E-state index contributed by atoms with van der Waals surface area (Å²) >= 11 is 1.21. The van der Waals surface area contributed by atoms with Gasteiger partial charge in [0.2, 0.25) is 41.4 Å². The number of carbonyl (C=O) groups is 8. The minimum Gasteiger partial charge on any atom is -0.387 e. The normalized spacial score (nSPS) is 16.4.